The highest BCUT2D eigenvalue weighted by molar-refractivity contribution is 5.84. The number of benzene rings is 1. The Morgan fingerprint density at radius 3 is 2.59 bits per heavy atom. The molecule has 1 aromatic rings. The zero-order valence-corrected chi connectivity index (χ0v) is 13.0. The molecule has 0 atom stereocenters. The zero-order valence-electron chi connectivity index (χ0n) is 13.0. The van der Waals surface area contributed by atoms with Gasteiger partial charge in [0.05, 0.1) is 0 Å². The van der Waals surface area contributed by atoms with Crippen LogP contribution in [-0.2, 0) is 14.3 Å². The van der Waals surface area contributed by atoms with Gasteiger partial charge >= 0.3 is 0 Å². The molecule has 2 N–H and O–H groups in total. The molecule has 0 aromatic heterocycles. The Balaban J connectivity index is 1.71. The van der Waals surface area contributed by atoms with Crippen LogP contribution >= 0.6 is 0 Å². The number of amides is 2. The lowest BCUT2D eigenvalue weighted by molar-refractivity contribution is -0.133. The summed E-state index contributed by atoms with van der Waals surface area (Å²) in [5.41, 5.74) is 7.08. The Labute approximate surface area is 130 Å². The van der Waals surface area contributed by atoms with Gasteiger partial charge in [0, 0.05) is 19.1 Å². The molecule has 0 saturated carbocycles. The van der Waals surface area contributed by atoms with Crippen LogP contribution in [0.1, 0.15) is 24.0 Å². The van der Waals surface area contributed by atoms with E-state index in [-0.39, 0.29) is 18.4 Å². The molecule has 0 bridgehead atoms. The molecule has 1 heterocycles. The second-order valence-electron chi connectivity index (χ2n) is 5.46. The number of hydrogen-bond acceptors (Lipinski definition) is 4. The molecular weight excluding hydrogens is 284 g/mol. The third-order valence-electron chi connectivity index (χ3n) is 3.77. The van der Waals surface area contributed by atoms with Crippen LogP contribution in [0.15, 0.2) is 18.2 Å². The van der Waals surface area contributed by atoms with Crippen molar-refractivity contribution in [1.29, 1.82) is 0 Å². The summed E-state index contributed by atoms with van der Waals surface area (Å²) in [6, 6.07) is 5.63. The summed E-state index contributed by atoms with van der Waals surface area (Å²) in [4.78, 5) is 23.5. The first kappa shape index (κ1) is 16.3. The van der Waals surface area contributed by atoms with E-state index in [4.69, 9.17) is 9.47 Å². The number of carbonyl (C=O) groups excluding carboxylic acids is 2. The van der Waals surface area contributed by atoms with E-state index in [1.807, 2.05) is 32.0 Å². The molecule has 2 amide bonds. The van der Waals surface area contributed by atoms with Crippen molar-refractivity contribution in [2.75, 3.05) is 19.8 Å². The average molecular weight is 306 g/mol. The van der Waals surface area contributed by atoms with Crippen LogP contribution in [-0.4, -0.2) is 31.6 Å². The first-order valence-corrected chi connectivity index (χ1v) is 7.43. The predicted molar refractivity (Wildman–Crippen MR) is 81.2 cm³/mol. The second-order valence-corrected chi connectivity index (χ2v) is 5.46. The molecule has 22 heavy (non-hydrogen) atoms. The molecule has 1 aromatic carbocycles. The van der Waals surface area contributed by atoms with Gasteiger partial charge in [-0.1, -0.05) is 6.07 Å². The fourth-order valence-electron chi connectivity index (χ4n) is 2.18. The van der Waals surface area contributed by atoms with Crippen molar-refractivity contribution in [3.63, 3.8) is 0 Å². The van der Waals surface area contributed by atoms with E-state index in [1.165, 1.54) is 5.56 Å². The maximum absolute atomic E-state index is 11.8. The normalized spacial score (nSPS) is 15.2. The first-order valence-electron chi connectivity index (χ1n) is 7.43. The summed E-state index contributed by atoms with van der Waals surface area (Å²) in [5, 5.41) is 0. The van der Waals surface area contributed by atoms with Gasteiger partial charge < -0.3 is 9.47 Å². The SMILES string of the molecule is Cc1ccc(OCC(=O)NNC(=O)C2CCOCC2)cc1C. The van der Waals surface area contributed by atoms with Gasteiger partial charge in [-0.25, -0.2) is 0 Å². The van der Waals surface area contributed by atoms with E-state index in [1.54, 1.807) is 0 Å². The van der Waals surface area contributed by atoms with E-state index < -0.39 is 5.91 Å². The molecule has 1 aliphatic rings. The maximum Gasteiger partial charge on any atom is 0.276 e. The lowest BCUT2D eigenvalue weighted by Crippen LogP contribution is -2.47. The number of hydrazine groups is 1. The standard InChI is InChI=1S/C16H22N2O4/c1-11-3-4-14(9-12(11)2)22-10-15(19)17-18-16(20)13-5-7-21-8-6-13/h3-4,9,13H,5-8,10H2,1-2H3,(H,17,19)(H,18,20). The highest BCUT2D eigenvalue weighted by Crippen LogP contribution is 2.16. The van der Waals surface area contributed by atoms with Gasteiger partial charge in [-0.3, -0.25) is 20.4 Å². The maximum atomic E-state index is 11.8. The molecule has 0 spiro atoms. The van der Waals surface area contributed by atoms with Gasteiger partial charge in [-0.05, 0) is 49.9 Å². The minimum atomic E-state index is -0.390. The number of hydrogen-bond donors (Lipinski definition) is 2. The lowest BCUT2D eigenvalue weighted by Gasteiger charge is -2.21. The number of ether oxygens (including phenoxy) is 2. The van der Waals surface area contributed by atoms with Gasteiger partial charge in [0.15, 0.2) is 6.61 Å². The summed E-state index contributed by atoms with van der Waals surface area (Å²) >= 11 is 0. The van der Waals surface area contributed by atoms with Crippen LogP contribution in [0.5, 0.6) is 5.75 Å². The highest BCUT2D eigenvalue weighted by Gasteiger charge is 2.21. The van der Waals surface area contributed by atoms with Crippen LogP contribution in [0.25, 0.3) is 0 Å². The Bertz CT molecular complexity index is 539. The fraction of sp³-hybridized carbons (Fsp3) is 0.500. The van der Waals surface area contributed by atoms with Crippen LogP contribution in [0.4, 0.5) is 0 Å². The van der Waals surface area contributed by atoms with E-state index in [0.717, 1.165) is 5.56 Å². The molecule has 1 saturated heterocycles. The van der Waals surface area contributed by atoms with E-state index in [9.17, 15) is 9.59 Å². The Kier molecular flexibility index (Phi) is 5.77. The van der Waals surface area contributed by atoms with E-state index in [0.29, 0.717) is 31.8 Å². The monoisotopic (exact) mass is 306 g/mol. The molecule has 0 aliphatic carbocycles. The Morgan fingerprint density at radius 1 is 1.18 bits per heavy atom. The second kappa shape index (κ2) is 7.79. The summed E-state index contributed by atoms with van der Waals surface area (Å²) in [5.74, 6) is -0.0369. The molecule has 1 fully saturated rings. The number of carbonyl (C=O) groups is 2. The van der Waals surface area contributed by atoms with Crippen LogP contribution in [0.3, 0.4) is 0 Å². The van der Waals surface area contributed by atoms with Crippen molar-refractivity contribution in [1.82, 2.24) is 10.9 Å². The van der Waals surface area contributed by atoms with Crippen molar-refractivity contribution in [2.24, 2.45) is 5.92 Å². The predicted octanol–water partition coefficient (Wildman–Crippen LogP) is 1.26. The molecule has 0 unspecified atom stereocenters. The van der Waals surface area contributed by atoms with Crippen molar-refractivity contribution in [3.8, 4) is 5.75 Å². The highest BCUT2D eigenvalue weighted by atomic mass is 16.5. The van der Waals surface area contributed by atoms with Gasteiger partial charge in [-0.15, -0.1) is 0 Å². The smallest absolute Gasteiger partial charge is 0.276 e. The minimum absolute atomic E-state index is 0.102. The molecule has 120 valence electrons. The van der Waals surface area contributed by atoms with E-state index >= 15 is 0 Å². The largest absolute Gasteiger partial charge is 0.484 e. The topological polar surface area (TPSA) is 76.7 Å². The average Bonchev–Trinajstić information content (AvgIpc) is 2.54. The summed E-state index contributed by atoms with van der Waals surface area (Å²) in [6.45, 7) is 5.02. The molecule has 6 heteroatoms. The van der Waals surface area contributed by atoms with E-state index in [2.05, 4.69) is 10.9 Å². The number of nitrogens with one attached hydrogen (secondary N) is 2. The quantitative estimate of drug-likeness (QED) is 0.821. The molecule has 1 aliphatic heterocycles. The Hall–Kier alpha value is -2.08. The number of aryl methyl sites for hydroxylation is 2. The van der Waals surface area contributed by atoms with Crippen LogP contribution in [0, 0.1) is 19.8 Å². The molecule has 2 rings (SSSR count). The summed E-state index contributed by atoms with van der Waals surface area (Å²) in [6.07, 6.45) is 1.36. The number of rotatable bonds is 4. The van der Waals surface area contributed by atoms with Crippen molar-refractivity contribution < 1.29 is 19.1 Å². The van der Waals surface area contributed by atoms with Crippen LogP contribution in [0.2, 0.25) is 0 Å². The third-order valence-corrected chi connectivity index (χ3v) is 3.77. The Morgan fingerprint density at radius 2 is 1.91 bits per heavy atom. The molecular formula is C16H22N2O4. The van der Waals surface area contributed by atoms with Crippen molar-refractivity contribution >= 4 is 11.8 Å². The van der Waals surface area contributed by atoms with Crippen molar-refractivity contribution in [3.05, 3.63) is 29.3 Å². The first-order chi connectivity index (χ1) is 10.6. The zero-order chi connectivity index (χ0) is 15.9. The van der Waals surface area contributed by atoms with Gasteiger partial charge in [0.25, 0.3) is 5.91 Å². The third kappa shape index (κ3) is 4.73. The minimum Gasteiger partial charge on any atom is -0.484 e. The lowest BCUT2D eigenvalue weighted by atomic mass is 10.00. The van der Waals surface area contributed by atoms with Crippen molar-refractivity contribution in [2.45, 2.75) is 26.7 Å². The molecule has 0 radical (unpaired) electrons. The summed E-state index contributed by atoms with van der Waals surface area (Å²) in [7, 11) is 0. The molecule has 6 nitrogen and oxygen atoms in total. The summed E-state index contributed by atoms with van der Waals surface area (Å²) < 4.78 is 10.6. The van der Waals surface area contributed by atoms with Gasteiger partial charge in [0.1, 0.15) is 5.75 Å². The van der Waals surface area contributed by atoms with Crippen LogP contribution < -0.4 is 15.6 Å². The van der Waals surface area contributed by atoms with Gasteiger partial charge in [0.2, 0.25) is 5.91 Å². The fourth-order valence-corrected chi connectivity index (χ4v) is 2.18. The van der Waals surface area contributed by atoms with Gasteiger partial charge in [-0.2, -0.15) is 0 Å².